The molecule has 0 atom stereocenters. The molecule has 0 fully saturated rings. The fraction of sp³-hybridized carbons (Fsp3) is 0.250. The average Bonchev–Trinajstić information content (AvgIpc) is 2.59. The van der Waals surface area contributed by atoms with Crippen LogP contribution in [0.25, 0.3) is 11.3 Å². The zero-order valence-electron chi connectivity index (χ0n) is 9.16. The Labute approximate surface area is 104 Å². The number of rotatable bonds is 3. The third-order valence-electron chi connectivity index (χ3n) is 2.21. The molecular formula is C12H12ClNOS. The number of nitrogens with zero attached hydrogens (tertiary/aromatic N) is 1. The molecule has 0 spiro atoms. The molecule has 0 saturated heterocycles. The molecule has 1 aromatic heterocycles. The van der Waals surface area contributed by atoms with Gasteiger partial charge in [-0.1, -0.05) is 23.7 Å². The average molecular weight is 254 g/mol. The van der Waals surface area contributed by atoms with Gasteiger partial charge in [-0.2, -0.15) is 0 Å². The highest BCUT2D eigenvalue weighted by molar-refractivity contribution is 7.16. The van der Waals surface area contributed by atoms with Crippen LogP contribution in [-0.4, -0.2) is 11.6 Å². The smallest absolute Gasteiger partial charge is 0.184 e. The number of aryl methyl sites for hydroxylation is 1. The first-order valence-corrected chi connectivity index (χ1v) is 6.27. The van der Waals surface area contributed by atoms with E-state index < -0.39 is 0 Å². The van der Waals surface area contributed by atoms with Crippen LogP contribution in [0.2, 0.25) is 4.47 Å². The number of para-hydroxylation sites is 1. The predicted molar refractivity (Wildman–Crippen MR) is 68.5 cm³/mol. The minimum Gasteiger partial charge on any atom is -0.493 e. The second kappa shape index (κ2) is 4.85. The SMILES string of the molecule is CCOc1ccccc1-c1nc(Cl)sc1C. The maximum absolute atomic E-state index is 5.91. The summed E-state index contributed by atoms with van der Waals surface area (Å²) in [5, 5.41) is 0. The van der Waals surface area contributed by atoms with Crippen LogP contribution >= 0.6 is 22.9 Å². The van der Waals surface area contributed by atoms with Crippen molar-refractivity contribution in [3.63, 3.8) is 0 Å². The first-order valence-electron chi connectivity index (χ1n) is 5.07. The molecule has 4 heteroatoms. The minimum absolute atomic E-state index is 0.568. The molecule has 0 N–H and O–H groups in total. The highest BCUT2D eigenvalue weighted by Crippen LogP contribution is 2.35. The summed E-state index contributed by atoms with van der Waals surface area (Å²) in [6, 6.07) is 7.89. The van der Waals surface area contributed by atoms with Crippen LogP contribution in [0.4, 0.5) is 0 Å². The molecule has 2 nitrogen and oxygen atoms in total. The van der Waals surface area contributed by atoms with E-state index in [1.807, 2.05) is 38.1 Å². The number of aromatic nitrogens is 1. The van der Waals surface area contributed by atoms with E-state index in [4.69, 9.17) is 16.3 Å². The normalized spacial score (nSPS) is 10.4. The van der Waals surface area contributed by atoms with Gasteiger partial charge in [0.1, 0.15) is 5.75 Å². The molecule has 16 heavy (non-hydrogen) atoms. The van der Waals surface area contributed by atoms with Gasteiger partial charge in [-0.05, 0) is 26.0 Å². The van der Waals surface area contributed by atoms with Gasteiger partial charge in [0.15, 0.2) is 4.47 Å². The van der Waals surface area contributed by atoms with Crippen LogP contribution in [-0.2, 0) is 0 Å². The monoisotopic (exact) mass is 253 g/mol. The topological polar surface area (TPSA) is 22.1 Å². The Morgan fingerprint density at radius 1 is 1.38 bits per heavy atom. The fourth-order valence-electron chi connectivity index (χ4n) is 1.56. The summed E-state index contributed by atoms with van der Waals surface area (Å²) >= 11 is 7.40. The van der Waals surface area contributed by atoms with E-state index in [9.17, 15) is 0 Å². The van der Waals surface area contributed by atoms with Crippen LogP contribution in [0.3, 0.4) is 0 Å². The van der Waals surface area contributed by atoms with E-state index in [0.717, 1.165) is 21.9 Å². The van der Waals surface area contributed by atoms with Crippen LogP contribution in [0.1, 0.15) is 11.8 Å². The van der Waals surface area contributed by atoms with Gasteiger partial charge in [-0.3, -0.25) is 0 Å². The van der Waals surface area contributed by atoms with Gasteiger partial charge in [0, 0.05) is 10.4 Å². The first-order chi connectivity index (χ1) is 7.72. The van der Waals surface area contributed by atoms with Crippen molar-refractivity contribution in [2.24, 2.45) is 0 Å². The molecule has 0 aliphatic rings. The lowest BCUT2D eigenvalue weighted by atomic mass is 10.1. The summed E-state index contributed by atoms with van der Waals surface area (Å²) in [5.74, 6) is 0.857. The highest BCUT2D eigenvalue weighted by atomic mass is 35.5. The number of halogens is 1. The minimum atomic E-state index is 0.568. The molecule has 0 aliphatic heterocycles. The van der Waals surface area contributed by atoms with E-state index in [-0.39, 0.29) is 0 Å². The summed E-state index contributed by atoms with van der Waals surface area (Å²) in [6.07, 6.45) is 0. The zero-order chi connectivity index (χ0) is 11.5. The van der Waals surface area contributed by atoms with Crippen molar-refractivity contribution >= 4 is 22.9 Å². The van der Waals surface area contributed by atoms with Crippen LogP contribution in [0.15, 0.2) is 24.3 Å². The summed E-state index contributed by atoms with van der Waals surface area (Å²) in [6.45, 7) is 4.63. The van der Waals surface area contributed by atoms with Crippen molar-refractivity contribution in [3.8, 4) is 17.0 Å². The number of hydrogen-bond acceptors (Lipinski definition) is 3. The number of ether oxygens (including phenoxy) is 1. The number of benzene rings is 1. The second-order valence-corrected chi connectivity index (χ2v) is 5.09. The third kappa shape index (κ3) is 2.20. The highest BCUT2D eigenvalue weighted by Gasteiger charge is 2.12. The lowest BCUT2D eigenvalue weighted by molar-refractivity contribution is 0.341. The van der Waals surface area contributed by atoms with E-state index >= 15 is 0 Å². The zero-order valence-corrected chi connectivity index (χ0v) is 10.7. The third-order valence-corrected chi connectivity index (χ3v) is 3.29. The van der Waals surface area contributed by atoms with Crippen molar-refractivity contribution in [2.45, 2.75) is 13.8 Å². The van der Waals surface area contributed by atoms with Gasteiger partial charge in [-0.25, -0.2) is 4.98 Å². The maximum atomic E-state index is 5.91. The van der Waals surface area contributed by atoms with Crippen molar-refractivity contribution < 1.29 is 4.74 Å². The predicted octanol–water partition coefficient (Wildman–Crippen LogP) is 4.17. The first kappa shape index (κ1) is 11.4. The maximum Gasteiger partial charge on any atom is 0.184 e. The molecule has 0 aliphatic carbocycles. The summed E-state index contributed by atoms with van der Waals surface area (Å²) in [5.41, 5.74) is 1.92. The summed E-state index contributed by atoms with van der Waals surface area (Å²) in [4.78, 5) is 5.44. The lowest BCUT2D eigenvalue weighted by Crippen LogP contribution is -1.94. The van der Waals surface area contributed by atoms with E-state index in [1.165, 1.54) is 11.3 Å². The Balaban J connectivity index is 2.50. The standard InChI is InChI=1S/C12H12ClNOS/c1-3-15-10-7-5-4-6-9(10)11-8(2)16-12(13)14-11/h4-7H,3H2,1-2H3. The largest absolute Gasteiger partial charge is 0.493 e. The Hall–Kier alpha value is -1.06. The molecule has 0 bridgehead atoms. The van der Waals surface area contributed by atoms with Crippen molar-refractivity contribution in [3.05, 3.63) is 33.6 Å². The van der Waals surface area contributed by atoms with Gasteiger partial charge >= 0.3 is 0 Å². The van der Waals surface area contributed by atoms with Crippen molar-refractivity contribution in [1.82, 2.24) is 4.98 Å². The Morgan fingerprint density at radius 3 is 2.75 bits per heavy atom. The van der Waals surface area contributed by atoms with Gasteiger partial charge in [0.2, 0.25) is 0 Å². The molecule has 0 saturated carbocycles. The van der Waals surface area contributed by atoms with Crippen molar-refractivity contribution in [1.29, 1.82) is 0 Å². The van der Waals surface area contributed by atoms with Gasteiger partial charge in [0.05, 0.1) is 12.3 Å². The summed E-state index contributed by atoms with van der Waals surface area (Å²) < 4.78 is 6.15. The second-order valence-electron chi connectivity index (χ2n) is 3.30. The Kier molecular flexibility index (Phi) is 3.46. The molecule has 84 valence electrons. The van der Waals surface area contributed by atoms with E-state index in [0.29, 0.717) is 11.1 Å². The van der Waals surface area contributed by atoms with Crippen molar-refractivity contribution in [2.75, 3.05) is 6.61 Å². The molecule has 0 unspecified atom stereocenters. The Bertz CT molecular complexity index is 496. The molecule has 0 radical (unpaired) electrons. The van der Waals surface area contributed by atoms with Crippen LogP contribution in [0.5, 0.6) is 5.75 Å². The van der Waals surface area contributed by atoms with Crippen LogP contribution < -0.4 is 4.74 Å². The van der Waals surface area contributed by atoms with Crippen LogP contribution in [0, 0.1) is 6.92 Å². The van der Waals surface area contributed by atoms with Gasteiger partial charge < -0.3 is 4.74 Å². The molecule has 1 heterocycles. The molecule has 0 amide bonds. The molecule has 2 rings (SSSR count). The molecule has 1 aromatic carbocycles. The Morgan fingerprint density at radius 2 is 2.12 bits per heavy atom. The van der Waals surface area contributed by atoms with E-state index in [2.05, 4.69) is 4.98 Å². The summed E-state index contributed by atoms with van der Waals surface area (Å²) in [7, 11) is 0. The van der Waals surface area contributed by atoms with E-state index in [1.54, 1.807) is 0 Å². The molecule has 2 aromatic rings. The lowest BCUT2D eigenvalue weighted by Gasteiger charge is -2.08. The van der Waals surface area contributed by atoms with Gasteiger partial charge in [0.25, 0.3) is 0 Å². The molecular weight excluding hydrogens is 242 g/mol. The number of thiazole rings is 1. The fourth-order valence-corrected chi connectivity index (χ4v) is 2.63. The number of hydrogen-bond donors (Lipinski definition) is 0. The van der Waals surface area contributed by atoms with Gasteiger partial charge in [-0.15, -0.1) is 11.3 Å². The quantitative estimate of drug-likeness (QED) is 0.819.